The first kappa shape index (κ1) is 22.0. The SMILES string of the molecule is CCC(C(=O)NC1CCCC1)N(Cc1ccc(F)cc1)C(=O)CCc1ccccc1. The molecule has 1 aliphatic carbocycles. The van der Waals surface area contributed by atoms with E-state index in [0.29, 0.717) is 25.8 Å². The topological polar surface area (TPSA) is 49.4 Å². The summed E-state index contributed by atoms with van der Waals surface area (Å²) in [4.78, 5) is 27.9. The van der Waals surface area contributed by atoms with Crippen LogP contribution in [0.4, 0.5) is 4.39 Å². The minimum absolute atomic E-state index is 0.0587. The number of hydrogen-bond donors (Lipinski definition) is 1. The van der Waals surface area contributed by atoms with Gasteiger partial charge in [-0.25, -0.2) is 4.39 Å². The van der Waals surface area contributed by atoms with E-state index in [1.54, 1.807) is 17.0 Å². The Labute approximate surface area is 178 Å². The molecule has 0 aromatic heterocycles. The van der Waals surface area contributed by atoms with Crippen LogP contribution in [0.5, 0.6) is 0 Å². The second-order valence-corrected chi connectivity index (χ2v) is 8.05. The van der Waals surface area contributed by atoms with Gasteiger partial charge in [0.2, 0.25) is 11.8 Å². The maximum atomic E-state index is 13.3. The van der Waals surface area contributed by atoms with E-state index < -0.39 is 6.04 Å². The molecule has 5 heteroatoms. The Kier molecular flexibility index (Phi) is 8.00. The molecule has 1 aliphatic rings. The van der Waals surface area contributed by atoms with E-state index in [-0.39, 0.29) is 23.7 Å². The molecule has 4 nitrogen and oxygen atoms in total. The van der Waals surface area contributed by atoms with Gasteiger partial charge in [0.25, 0.3) is 0 Å². The van der Waals surface area contributed by atoms with Gasteiger partial charge < -0.3 is 10.2 Å². The molecule has 3 rings (SSSR count). The van der Waals surface area contributed by atoms with Crippen LogP contribution in [0.25, 0.3) is 0 Å². The minimum atomic E-state index is -0.529. The van der Waals surface area contributed by atoms with Crippen LogP contribution in [-0.4, -0.2) is 28.8 Å². The Morgan fingerprint density at radius 3 is 2.33 bits per heavy atom. The average Bonchev–Trinajstić information content (AvgIpc) is 3.27. The first-order chi connectivity index (χ1) is 14.6. The van der Waals surface area contributed by atoms with E-state index in [0.717, 1.165) is 36.8 Å². The Morgan fingerprint density at radius 1 is 1.03 bits per heavy atom. The number of halogens is 1. The summed E-state index contributed by atoms with van der Waals surface area (Å²) in [5, 5.41) is 3.14. The Morgan fingerprint density at radius 2 is 1.70 bits per heavy atom. The van der Waals surface area contributed by atoms with Gasteiger partial charge >= 0.3 is 0 Å². The number of amides is 2. The van der Waals surface area contributed by atoms with Crippen molar-refractivity contribution in [2.24, 2.45) is 0 Å². The van der Waals surface area contributed by atoms with Crippen molar-refractivity contribution in [2.75, 3.05) is 0 Å². The van der Waals surface area contributed by atoms with Gasteiger partial charge in [0.05, 0.1) is 0 Å². The summed E-state index contributed by atoms with van der Waals surface area (Å²) in [6.45, 7) is 2.23. The van der Waals surface area contributed by atoms with Gasteiger partial charge in [-0.2, -0.15) is 0 Å². The summed E-state index contributed by atoms with van der Waals surface area (Å²) in [5.41, 5.74) is 1.91. The lowest BCUT2D eigenvalue weighted by atomic mass is 10.1. The lowest BCUT2D eigenvalue weighted by molar-refractivity contribution is -0.141. The molecular formula is C25H31FN2O2. The summed E-state index contributed by atoms with van der Waals surface area (Å²) < 4.78 is 13.3. The third kappa shape index (κ3) is 6.15. The molecule has 0 heterocycles. The minimum Gasteiger partial charge on any atom is -0.352 e. The second kappa shape index (κ2) is 10.9. The molecule has 0 radical (unpaired) electrons. The van der Waals surface area contributed by atoms with Crippen molar-refractivity contribution in [2.45, 2.75) is 70.5 Å². The molecule has 160 valence electrons. The van der Waals surface area contributed by atoms with Gasteiger partial charge in [-0.1, -0.05) is 62.2 Å². The zero-order valence-corrected chi connectivity index (χ0v) is 17.6. The van der Waals surface area contributed by atoms with E-state index in [1.807, 2.05) is 37.3 Å². The predicted molar refractivity (Wildman–Crippen MR) is 116 cm³/mol. The second-order valence-electron chi connectivity index (χ2n) is 8.05. The summed E-state index contributed by atoms with van der Waals surface area (Å²) >= 11 is 0. The van der Waals surface area contributed by atoms with E-state index >= 15 is 0 Å². The number of aryl methyl sites for hydroxylation is 1. The zero-order chi connectivity index (χ0) is 21.3. The molecule has 2 aromatic rings. The van der Waals surface area contributed by atoms with Gasteiger partial charge in [0.15, 0.2) is 0 Å². The molecule has 0 bridgehead atoms. The number of carbonyl (C=O) groups excluding carboxylic acids is 2. The van der Waals surface area contributed by atoms with E-state index in [4.69, 9.17) is 0 Å². The van der Waals surface area contributed by atoms with E-state index in [2.05, 4.69) is 5.32 Å². The van der Waals surface area contributed by atoms with Crippen LogP contribution < -0.4 is 5.32 Å². The molecule has 1 fully saturated rings. The van der Waals surface area contributed by atoms with Gasteiger partial charge in [0.1, 0.15) is 11.9 Å². The van der Waals surface area contributed by atoms with Crippen LogP contribution in [0.1, 0.15) is 56.6 Å². The first-order valence-corrected chi connectivity index (χ1v) is 10.9. The Bertz CT molecular complexity index is 817. The fourth-order valence-corrected chi connectivity index (χ4v) is 4.11. The molecule has 0 aliphatic heterocycles. The first-order valence-electron chi connectivity index (χ1n) is 10.9. The van der Waals surface area contributed by atoms with Gasteiger partial charge in [-0.3, -0.25) is 9.59 Å². The molecule has 0 saturated heterocycles. The summed E-state index contributed by atoms with van der Waals surface area (Å²) in [6.07, 6.45) is 5.77. The van der Waals surface area contributed by atoms with Crippen molar-refractivity contribution in [1.29, 1.82) is 0 Å². The maximum Gasteiger partial charge on any atom is 0.243 e. The molecule has 1 atom stereocenters. The summed E-state index contributed by atoms with van der Waals surface area (Å²) in [6, 6.07) is 15.7. The van der Waals surface area contributed by atoms with Crippen LogP contribution in [0.2, 0.25) is 0 Å². The average molecular weight is 411 g/mol. The van der Waals surface area contributed by atoms with Crippen LogP contribution >= 0.6 is 0 Å². The van der Waals surface area contributed by atoms with Crippen molar-refractivity contribution < 1.29 is 14.0 Å². The van der Waals surface area contributed by atoms with Crippen LogP contribution in [0.15, 0.2) is 54.6 Å². The predicted octanol–water partition coefficient (Wildman–Crippen LogP) is 4.62. The smallest absolute Gasteiger partial charge is 0.243 e. The molecule has 2 amide bonds. The van der Waals surface area contributed by atoms with Crippen molar-refractivity contribution in [3.63, 3.8) is 0 Å². The number of carbonyl (C=O) groups is 2. The van der Waals surface area contributed by atoms with Gasteiger partial charge in [-0.15, -0.1) is 0 Å². The maximum absolute atomic E-state index is 13.3. The third-order valence-corrected chi connectivity index (χ3v) is 5.82. The number of hydrogen-bond acceptors (Lipinski definition) is 2. The number of benzene rings is 2. The fourth-order valence-electron chi connectivity index (χ4n) is 4.11. The molecule has 2 aromatic carbocycles. The zero-order valence-electron chi connectivity index (χ0n) is 17.6. The molecule has 0 spiro atoms. The standard InChI is InChI=1S/C25H31FN2O2/c1-2-23(25(30)27-22-10-6-7-11-22)28(18-20-12-15-21(26)16-13-20)24(29)17-14-19-8-4-3-5-9-19/h3-5,8-9,12-13,15-16,22-23H,2,6-7,10-11,14,17-18H2,1H3,(H,27,30). The van der Waals surface area contributed by atoms with Crippen molar-refractivity contribution in [3.05, 3.63) is 71.5 Å². The highest BCUT2D eigenvalue weighted by molar-refractivity contribution is 5.88. The molecule has 1 N–H and O–H groups in total. The number of rotatable bonds is 9. The van der Waals surface area contributed by atoms with Gasteiger partial charge in [0, 0.05) is 19.0 Å². The third-order valence-electron chi connectivity index (χ3n) is 5.82. The monoisotopic (exact) mass is 410 g/mol. The van der Waals surface area contributed by atoms with Gasteiger partial charge in [-0.05, 0) is 48.9 Å². The van der Waals surface area contributed by atoms with Crippen molar-refractivity contribution >= 4 is 11.8 Å². The Balaban J connectivity index is 1.74. The highest BCUT2D eigenvalue weighted by Crippen LogP contribution is 2.20. The lowest BCUT2D eigenvalue weighted by Crippen LogP contribution is -2.51. The molecule has 30 heavy (non-hydrogen) atoms. The van der Waals surface area contributed by atoms with Crippen LogP contribution in [0.3, 0.4) is 0 Å². The van der Waals surface area contributed by atoms with Crippen LogP contribution in [-0.2, 0) is 22.6 Å². The molecule has 1 saturated carbocycles. The van der Waals surface area contributed by atoms with Crippen molar-refractivity contribution in [3.8, 4) is 0 Å². The molecular weight excluding hydrogens is 379 g/mol. The number of nitrogens with zero attached hydrogens (tertiary/aromatic N) is 1. The highest BCUT2D eigenvalue weighted by atomic mass is 19.1. The van der Waals surface area contributed by atoms with E-state index in [9.17, 15) is 14.0 Å². The summed E-state index contributed by atoms with van der Waals surface area (Å²) in [7, 11) is 0. The normalized spacial score (nSPS) is 15.0. The summed E-state index contributed by atoms with van der Waals surface area (Å²) in [5.74, 6) is -0.456. The van der Waals surface area contributed by atoms with Crippen molar-refractivity contribution in [1.82, 2.24) is 10.2 Å². The van der Waals surface area contributed by atoms with E-state index in [1.165, 1.54) is 12.1 Å². The quantitative estimate of drug-likeness (QED) is 0.656. The van der Waals surface area contributed by atoms with Crippen LogP contribution in [0, 0.1) is 5.82 Å². The largest absolute Gasteiger partial charge is 0.352 e. The highest BCUT2D eigenvalue weighted by Gasteiger charge is 2.30. The number of nitrogens with one attached hydrogen (secondary N) is 1. The fraction of sp³-hybridized carbons (Fsp3) is 0.440. The Hall–Kier alpha value is -2.69. The lowest BCUT2D eigenvalue weighted by Gasteiger charge is -2.31. The molecule has 1 unspecified atom stereocenters.